The summed E-state index contributed by atoms with van der Waals surface area (Å²) in [6.45, 7) is 3.93. The van der Waals surface area contributed by atoms with E-state index in [2.05, 4.69) is 9.97 Å². The van der Waals surface area contributed by atoms with Crippen LogP contribution >= 0.6 is 0 Å². The van der Waals surface area contributed by atoms with Crippen LogP contribution in [0.4, 0.5) is 0 Å². The summed E-state index contributed by atoms with van der Waals surface area (Å²) in [4.78, 5) is 12.6. The lowest BCUT2D eigenvalue weighted by atomic mass is 10.2. The maximum atomic E-state index is 10.1. The van der Waals surface area contributed by atoms with Crippen molar-refractivity contribution in [2.24, 2.45) is 0 Å². The third-order valence-corrected chi connectivity index (χ3v) is 5.21. The van der Waals surface area contributed by atoms with Gasteiger partial charge in [0.05, 0.1) is 41.3 Å². The third kappa shape index (κ3) is 3.18. The molecular weight excluding hydrogens is 380 g/mol. The van der Waals surface area contributed by atoms with E-state index < -0.39 is 6.10 Å². The number of aryl methyl sites for hydroxylation is 2. The van der Waals surface area contributed by atoms with Crippen molar-refractivity contribution in [2.75, 3.05) is 6.61 Å². The molecule has 0 fully saturated rings. The van der Waals surface area contributed by atoms with Gasteiger partial charge in [-0.3, -0.25) is 0 Å². The summed E-state index contributed by atoms with van der Waals surface area (Å²) < 4.78 is 7.99. The van der Waals surface area contributed by atoms with Gasteiger partial charge in [-0.05, 0) is 61.4 Å². The van der Waals surface area contributed by atoms with Gasteiger partial charge in [-0.1, -0.05) is 12.1 Å². The molecule has 1 atom stereocenters. The molecule has 0 aliphatic heterocycles. The Labute approximate surface area is 172 Å². The summed E-state index contributed by atoms with van der Waals surface area (Å²) in [7, 11) is 0. The van der Waals surface area contributed by atoms with E-state index in [1.807, 2.05) is 66.9 Å². The Balaban J connectivity index is 1.60. The van der Waals surface area contributed by atoms with E-state index in [-0.39, 0.29) is 13.2 Å². The standard InChI is InChI=1S/C23H22N4O3/c1-13-3-5-16-18(9-13)25-22(24-16)20-7-8-21(30-20)23-26-17-6-4-14(2)10-19(17)27(23)11-15(29)12-28/h3-10,15,28-29H,11-12H2,1-2H3,(H,24,25). The van der Waals surface area contributed by atoms with E-state index in [1.165, 1.54) is 0 Å². The number of nitrogens with zero attached hydrogens (tertiary/aromatic N) is 3. The van der Waals surface area contributed by atoms with E-state index in [4.69, 9.17) is 9.40 Å². The van der Waals surface area contributed by atoms with Crippen molar-refractivity contribution in [1.29, 1.82) is 0 Å². The number of hydrogen-bond acceptors (Lipinski definition) is 5. The van der Waals surface area contributed by atoms with Crippen LogP contribution in [-0.4, -0.2) is 42.4 Å². The number of fused-ring (bicyclic) bond motifs is 2. The number of imidazole rings is 2. The minimum absolute atomic E-state index is 0.214. The van der Waals surface area contributed by atoms with Crippen LogP contribution in [0.15, 0.2) is 52.9 Å². The fourth-order valence-electron chi connectivity index (χ4n) is 3.69. The Hall–Kier alpha value is -3.42. The number of furan rings is 1. The molecule has 0 spiro atoms. The highest BCUT2D eigenvalue weighted by atomic mass is 16.3. The van der Waals surface area contributed by atoms with Gasteiger partial charge in [0, 0.05) is 0 Å². The Morgan fingerprint density at radius 2 is 1.73 bits per heavy atom. The van der Waals surface area contributed by atoms with Crippen molar-refractivity contribution in [3.8, 4) is 23.2 Å². The highest BCUT2D eigenvalue weighted by Gasteiger charge is 2.19. The average molecular weight is 402 g/mol. The average Bonchev–Trinajstić information content (AvgIpc) is 3.44. The second-order valence-corrected chi connectivity index (χ2v) is 7.64. The van der Waals surface area contributed by atoms with Gasteiger partial charge in [0.25, 0.3) is 0 Å². The van der Waals surface area contributed by atoms with Crippen LogP contribution < -0.4 is 0 Å². The Morgan fingerprint density at radius 1 is 0.967 bits per heavy atom. The van der Waals surface area contributed by atoms with Gasteiger partial charge in [0.15, 0.2) is 23.2 Å². The molecule has 152 valence electrons. The highest BCUT2D eigenvalue weighted by Crippen LogP contribution is 2.31. The minimum Gasteiger partial charge on any atom is -0.450 e. The molecule has 5 aromatic rings. The summed E-state index contributed by atoms with van der Waals surface area (Å²) >= 11 is 0. The lowest BCUT2D eigenvalue weighted by Crippen LogP contribution is -2.20. The lowest BCUT2D eigenvalue weighted by Gasteiger charge is -2.12. The first-order chi connectivity index (χ1) is 14.5. The van der Waals surface area contributed by atoms with Gasteiger partial charge in [-0.2, -0.15) is 0 Å². The smallest absolute Gasteiger partial charge is 0.177 e. The molecule has 0 radical (unpaired) electrons. The Morgan fingerprint density at radius 3 is 2.57 bits per heavy atom. The van der Waals surface area contributed by atoms with Crippen molar-refractivity contribution < 1.29 is 14.6 Å². The summed E-state index contributed by atoms with van der Waals surface area (Å²) in [5.41, 5.74) is 5.75. The number of aliphatic hydroxyl groups is 2. The van der Waals surface area contributed by atoms with E-state index >= 15 is 0 Å². The van der Waals surface area contributed by atoms with Gasteiger partial charge in [0.2, 0.25) is 0 Å². The predicted molar refractivity (Wildman–Crippen MR) is 115 cm³/mol. The van der Waals surface area contributed by atoms with E-state index in [0.717, 1.165) is 33.2 Å². The normalized spacial score (nSPS) is 12.8. The molecule has 0 saturated carbocycles. The molecule has 7 nitrogen and oxygen atoms in total. The SMILES string of the molecule is Cc1ccc2[nH]c(-c3ccc(-c4nc5ccc(C)cc5n4CC(O)CO)o3)nc2c1. The molecule has 1 unspecified atom stereocenters. The quantitative estimate of drug-likeness (QED) is 0.415. The molecular formula is C23H22N4O3. The largest absolute Gasteiger partial charge is 0.450 e. The number of aromatic nitrogens is 4. The van der Waals surface area contributed by atoms with E-state index in [9.17, 15) is 10.2 Å². The summed E-state index contributed by atoms with van der Waals surface area (Å²) in [6, 6.07) is 15.7. The van der Waals surface area contributed by atoms with Gasteiger partial charge >= 0.3 is 0 Å². The van der Waals surface area contributed by atoms with Crippen LogP contribution in [0, 0.1) is 13.8 Å². The molecule has 3 aromatic heterocycles. The molecule has 0 saturated heterocycles. The lowest BCUT2D eigenvalue weighted by molar-refractivity contribution is 0.0824. The van der Waals surface area contributed by atoms with Crippen LogP contribution in [0.3, 0.4) is 0 Å². The maximum Gasteiger partial charge on any atom is 0.177 e. The summed E-state index contributed by atoms with van der Waals surface area (Å²) in [5, 5.41) is 19.4. The number of H-pyrrole nitrogens is 1. The van der Waals surface area contributed by atoms with Crippen molar-refractivity contribution >= 4 is 22.1 Å². The first-order valence-electron chi connectivity index (χ1n) is 9.84. The van der Waals surface area contributed by atoms with Gasteiger partial charge in [0.1, 0.15) is 0 Å². The van der Waals surface area contributed by atoms with Gasteiger partial charge < -0.3 is 24.2 Å². The molecule has 3 heterocycles. The molecule has 2 aromatic carbocycles. The van der Waals surface area contributed by atoms with Crippen LogP contribution in [-0.2, 0) is 6.54 Å². The minimum atomic E-state index is -0.894. The highest BCUT2D eigenvalue weighted by molar-refractivity contribution is 5.82. The maximum absolute atomic E-state index is 10.1. The zero-order valence-electron chi connectivity index (χ0n) is 16.8. The molecule has 0 aliphatic carbocycles. The molecule has 3 N–H and O–H groups in total. The van der Waals surface area contributed by atoms with E-state index in [1.54, 1.807) is 0 Å². The Bertz CT molecular complexity index is 1360. The second kappa shape index (κ2) is 7.12. The monoisotopic (exact) mass is 402 g/mol. The number of hydrogen-bond donors (Lipinski definition) is 3. The van der Waals surface area contributed by atoms with Crippen LogP contribution in [0.5, 0.6) is 0 Å². The fourth-order valence-corrected chi connectivity index (χ4v) is 3.69. The zero-order chi connectivity index (χ0) is 20.8. The number of nitrogens with one attached hydrogen (secondary N) is 1. The molecule has 0 bridgehead atoms. The van der Waals surface area contributed by atoms with Crippen LogP contribution in [0.2, 0.25) is 0 Å². The molecule has 7 heteroatoms. The number of rotatable bonds is 5. The van der Waals surface area contributed by atoms with Crippen LogP contribution in [0.1, 0.15) is 11.1 Å². The fraction of sp³-hybridized carbons (Fsp3) is 0.217. The topological polar surface area (TPSA) is 100 Å². The number of aliphatic hydroxyl groups excluding tert-OH is 2. The number of aromatic amines is 1. The third-order valence-electron chi connectivity index (χ3n) is 5.21. The predicted octanol–water partition coefficient (Wildman–Crippen LogP) is 3.81. The van der Waals surface area contributed by atoms with Crippen molar-refractivity contribution in [1.82, 2.24) is 19.5 Å². The van der Waals surface area contributed by atoms with Crippen molar-refractivity contribution in [3.05, 3.63) is 59.7 Å². The molecule has 0 aliphatic rings. The van der Waals surface area contributed by atoms with E-state index in [0.29, 0.717) is 23.2 Å². The molecule has 0 amide bonds. The zero-order valence-corrected chi connectivity index (χ0v) is 16.8. The first kappa shape index (κ1) is 18.6. The summed E-state index contributed by atoms with van der Waals surface area (Å²) in [5.74, 6) is 2.43. The molecule has 30 heavy (non-hydrogen) atoms. The van der Waals surface area contributed by atoms with Gasteiger partial charge in [-0.15, -0.1) is 0 Å². The Kier molecular flexibility index (Phi) is 4.42. The van der Waals surface area contributed by atoms with Crippen molar-refractivity contribution in [2.45, 2.75) is 26.5 Å². The van der Waals surface area contributed by atoms with Crippen molar-refractivity contribution in [3.63, 3.8) is 0 Å². The summed E-state index contributed by atoms with van der Waals surface area (Å²) in [6.07, 6.45) is -0.894. The van der Waals surface area contributed by atoms with Gasteiger partial charge in [-0.25, -0.2) is 9.97 Å². The molecule has 5 rings (SSSR count). The number of benzene rings is 2. The second-order valence-electron chi connectivity index (χ2n) is 7.64. The first-order valence-corrected chi connectivity index (χ1v) is 9.84. The van der Waals surface area contributed by atoms with Crippen LogP contribution in [0.25, 0.3) is 45.2 Å².